The van der Waals surface area contributed by atoms with Crippen LogP contribution in [0.1, 0.15) is 18.9 Å². The highest BCUT2D eigenvalue weighted by Crippen LogP contribution is 2.34. The van der Waals surface area contributed by atoms with Crippen LogP contribution in [0.5, 0.6) is 0 Å². The molecule has 3 rings (SSSR count). The van der Waals surface area contributed by atoms with Gasteiger partial charge in [0.05, 0.1) is 18.5 Å². The second-order valence-corrected chi connectivity index (χ2v) is 4.59. The summed E-state index contributed by atoms with van der Waals surface area (Å²) in [7, 11) is 0. The summed E-state index contributed by atoms with van der Waals surface area (Å²) in [6, 6.07) is -0.290. The van der Waals surface area contributed by atoms with E-state index >= 15 is 0 Å². The van der Waals surface area contributed by atoms with E-state index in [4.69, 9.17) is 5.11 Å². The van der Waals surface area contributed by atoms with Crippen molar-refractivity contribution in [2.75, 3.05) is 6.61 Å². The van der Waals surface area contributed by atoms with Crippen LogP contribution < -0.4 is 5.56 Å². The molecule has 2 heterocycles. The van der Waals surface area contributed by atoms with Crippen LogP contribution >= 0.6 is 0 Å². The van der Waals surface area contributed by atoms with Gasteiger partial charge in [-0.2, -0.15) is 0 Å². The fourth-order valence-electron chi connectivity index (χ4n) is 2.50. The minimum atomic E-state index is -0.604. The van der Waals surface area contributed by atoms with E-state index in [0.29, 0.717) is 18.5 Å². The normalized spacial score (nSPS) is 28.0. The van der Waals surface area contributed by atoms with Gasteiger partial charge in [0.25, 0.3) is 5.56 Å². The summed E-state index contributed by atoms with van der Waals surface area (Å²) in [5, 5.41) is 26.8. The third-order valence-corrected chi connectivity index (χ3v) is 3.43. The third kappa shape index (κ3) is 1.61. The molecule has 2 aromatic rings. The lowest BCUT2D eigenvalue weighted by molar-refractivity contribution is 0.127. The van der Waals surface area contributed by atoms with Crippen molar-refractivity contribution in [3.8, 4) is 0 Å². The van der Waals surface area contributed by atoms with Crippen molar-refractivity contribution in [1.29, 1.82) is 0 Å². The van der Waals surface area contributed by atoms with Crippen LogP contribution in [0.3, 0.4) is 0 Å². The third-order valence-electron chi connectivity index (χ3n) is 3.43. The zero-order valence-corrected chi connectivity index (χ0v) is 9.52. The Morgan fingerprint density at radius 2 is 2.33 bits per heavy atom. The first kappa shape index (κ1) is 11.3. The van der Waals surface area contributed by atoms with Crippen LogP contribution in [0, 0.1) is 5.92 Å². The highest BCUT2D eigenvalue weighted by atomic mass is 16.3. The average Bonchev–Trinajstić information content (AvgIpc) is 2.93. The van der Waals surface area contributed by atoms with Gasteiger partial charge < -0.3 is 15.2 Å². The van der Waals surface area contributed by atoms with Crippen LogP contribution in [0.4, 0.5) is 0 Å². The van der Waals surface area contributed by atoms with Crippen LogP contribution in [-0.2, 0) is 0 Å². The van der Waals surface area contributed by atoms with Gasteiger partial charge >= 0.3 is 0 Å². The zero-order chi connectivity index (χ0) is 12.7. The van der Waals surface area contributed by atoms with E-state index in [0.717, 1.165) is 0 Å². The molecule has 8 nitrogen and oxygen atoms in total. The number of rotatable bonds is 2. The molecule has 2 aromatic heterocycles. The lowest BCUT2D eigenvalue weighted by Gasteiger charge is -2.14. The van der Waals surface area contributed by atoms with Crippen molar-refractivity contribution in [2.45, 2.75) is 25.0 Å². The molecule has 0 saturated heterocycles. The van der Waals surface area contributed by atoms with Gasteiger partial charge in [-0.15, -0.1) is 5.10 Å². The van der Waals surface area contributed by atoms with Crippen molar-refractivity contribution in [1.82, 2.24) is 25.0 Å². The van der Waals surface area contributed by atoms with E-state index < -0.39 is 6.10 Å². The minimum Gasteiger partial charge on any atom is -0.396 e. The summed E-state index contributed by atoms with van der Waals surface area (Å²) in [5.41, 5.74) is 0.177. The standard InChI is InChI=1S/C10H13N5O3/c16-3-5-1-6(7(17)2-5)15-9-8(13-14-15)10(18)12-4-11-9/h4-7,16-17H,1-3H2,(H,11,12,18)/t5-,6+,7+/m0/s1. The molecule has 0 amide bonds. The molecular formula is C10H13N5O3. The van der Waals surface area contributed by atoms with Crippen molar-refractivity contribution < 1.29 is 10.2 Å². The number of H-pyrrole nitrogens is 1. The Balaban J connectivity index is 2.05. The first-order chi connectivity index (χ1) is 8.70. The van der Waals surface area contributed by atoms with E-state index in [1.807, 2.05) is 0 Å². The lowest BCUT2D eigenvalue weighted by atomic mass is 10.1. The SMILES string of the molecule is O=c1[nH]cnc2c1nnn2[C@@H]1C[C@H](CO)C[C@H]1O. The second kappa shape index (κ2) is 4.14. The lowest BCUT2D eigenvalue weighted by Crippen LogP contribution is -2.20. The smallest absolute Gasteiger partial charge is 0.280 e. The maximum absolute atomic E-state index is 11.5. The zero-order valence-electron chi connectivity index (χ0n) is 9.52. The molecular weight excluding hydrogens is 238 g/mol. The average molecular weight is 251 g/mol. The van der Waals surface area contributed by atoms with E-state index in [2.05, 4.69) is 20.3 Å². The van der Waals surface area contributed by atoms with Gasteiger partial charge in [-0.25, -0.2) is 9.67 Å². The van der Waals surface area contributed by atoms with Gasteiger partial charge in [0.1, 0.15) is 0 Å². The Hall–Kier alpha value is -1.80. The van der Waals surface area contributed by atoms with Gasteiger partial charge in [-0.05, 0) is 18.8 Å². The predicted octanol–water partition coefficient (Wildman–Crippen LogP) is -1.18. The number of fused-ring (bicyclic) bond motifs is 1. The van der Waals surface area contributed by atoms with E-state index in [9.17, 15) is 9.90 Å². The van der Waals surface area contributed by atoms with Crippen LogP contribution in [0.2, 0.25) is 0 Å². The van der Waals surface area contributed by atoms with E-state index in [1.54, 1.807) is 0 Å². The fourth-order valence-corrected chi connectivity index (χ4v) is 2.50. The van der Waals surface area contributed by atoms with E-state index in [-0.39, 0.29) is 29.6 Å². The summed E-state index contributed by atoms with van der Waals surface area (Å²) in [6.07, 6.45) is 1.80. The predicted molar refractivity (Wildman–Crippen MR) is 60.8 cm³/mol. The minimum absolute atomic E-state index is 0.0359. The van der Waals surface area contributed by atoms with Crippen LogP contribution in [0.15, 0.2) is 11.1 Å². The van der Waals surface area contributed by atoms with Crippen molar-refractivity contribution >= 4 is 11.2 Å². The number of aromatic amines is 1. The molecule has 8 heteroatoms. The summed E-state index contributed by atoms with van der Waals surface area (Å²) in [5.74, 6) is 0.0475. The molecule has 0 spiro atoms. The van der Waals surface area contributed by atoms with Gasteiger partial charge in [-0.1, -0.05) is 5.21 Å². The van der Waals surface area contributed by atoms with Gasteiger partial charge in [0.2, 0.25) is 0 Å². The molecule has 1 saturated carbocycles. The second-order valence-electron chi connectivity index (χ2n) is 4.59. The fraction of sp³-hybridized carbons (Fsp3) is 0.600. The van der Waals surface area contributed by atoms with Gasteiger partial charge in [0, 0.05) is 6.61 Å². The monoisotopic (exact) mass is 251 g/mol. The molecule has 18 heavy (non-hydrogen) atoms. The molecule has 1 fully saturated rings. The number of nitrogens with one attached hydrogen (secondary N) is 1. The molecule has 0 unspecified atom stereocenters. The number of nitrogens with zero attached hydrogens (tertiary/aromatic N) is 4. The first-order valence-electron chi connectivity index (χ1n) is 5.78. The van der Waals surface area contributed by atoms with Crippen molar-refractivity contribution in [3.05, 3.63) is 16.7 Å². The molecule has 0 radical (unpaired) electrons. The number of aromatic nitrogens is 5. The molecule has 0 bridgehead atoms. The molecule has 3 atom stereocenters. The molecule has 0 aromatic carbocycles. The number of aliphatic hydroxyl groups is 2. The van der Waals surface area contributed by atoms with Crippen molar-refractivity contribution in [2.24, 2.45) is 5.92 Å². The molecule has 1 aliphatic rings. The summed E-state index contributed by atoms with van der Waals surface area (Å²) < 4.78 is 1.48. The largest absolute Gasteiger partial charge is 0.396 e. The Bertz CT molecular complexity index is 621. The number of hydrogen-bond acceptors (Lipinski definition) is 6. The quantitative estimate of drug-likeness (QED) is 0.618. The molecule has 0 aliphatic heterocycles. The topological polar surface area (TPSA) is 117 Å². The highest BCUT2D eigenvalue weighted by molar-refractivity contribution is 5.67. The van der Waals surface area contributed by atoms with Crippen molar-refractivity contribution in [3.63, 3.8) is 0 Å². The van der Waals surface area contributed by atoms with E-state index in [1.165, 1.54) is 11.0 Å². The maximum Gasteiger partial charge on any atom is 0.280 e. The molecule has 3 N–H and O–H groups in total. The summed E-state index contributed by atoms with van der Waals surface area (Å²) in [6.45, 7) is 0.0359. The Morgan fingerprint density at radius 1 is 1.50 bits per heavy atom. The maximum atomic E-state index is 11.5. The molecule has 96 valence electrons. The Kier molecular flexibility index (Phi) is 2.60. The van der Waals surface area contributed by atoms with Crippen LogP contribution in [-0.4, -0.2) is 47.9 Å². The number of hydrogen-bond donors (Lipinski definition) is 3. The summed E-state index contributed by atoms with van der Waals surface area (Å²) in [4.78, 5) is 18.0. The van der Waals surface area contributed by atoms with Gasteiger partial charge in [-0.3, -0.25) is 4.79 Å². The number of aliphatic hydroxyl groups excluding tert-OH is 2. The summed E-state index contributed by atoms with van der Waals surface area (Å²) >= 11 is 0. The Labute approximate surface area is 101 Å². The van der Waals surface area contributed by atoms with Gasteiger partial charge in [0.15, 0.2) is 11.2 Å². The molecule has 1 aliphatic carbocycles. The highest BCUT2D eigenvalue weighted by Gasteiger charge is 2.35. The Morgan fingerprint density at radius 3 is 3.06 bits per heavy atom. The van der Waals surface area contributed by atoms with Crippen LogP contribution in [0.25, 0.3) is 11.2 Å². The first-order valence-corrected chi connectivity index (χ1v) is 5.78.